The van der Waals surface area contributed by atoms with Gasteiger partial charge in [-0.3, -0.25) is 4.79 Å². The van der Waals surface area contributed by atoms with E-state index in [2.05, 4.69) is 63.3 Å². The van der Waals surface area contributed by atoms with Gasteiger partial charge in [-0.1, -0.05) is 18.2 Å². The van der Waals surface area contributed by atoms with Gasteiger partial charge < -0.3 is 29.8 Å². The SMILES string of the molecule is C=CCN1Sc2cnc(Nc3ccc(N4CCN(C)CC4)cc3)nc2-c2cccc(C(=O)NCCO)c21. The van der Waals surface area contributed by atoms with E-state index in [9.17, 15) is 4.79 Å². The highest BCUT2D eigenvalue weighted by Crippen LogP contribution is 2.47. The molecule has 3 aromatic rings. The van der Waals surface area contributed by atoms with Crippen LogP contribution < -0.4 is 19.8 Å². The lowest BCUT2D eigenvalue weighted by Crippen LogP contribution is -2.44. The number of amides is 1. The summed E-state index contributed by atoms with van der Waals surface area (Å²) >= 11 is 1.48. The number of benzene rings is 2. The highest BCUT2D eigenvalue weighted by atomic mass is 32.2. The number of para-hydroxylation sites is 1. The maximum Gasteiger partial charge on any atom is 0.253 e. The number of nitrogens with zero attached hydrogens (tertiary/aromatic N) is 5. The smallest absolute Gasteiger partial charge is 0.253 e. The first-order valence-electron chi connectivity index (χ1n) is 12.3. The number of nitrogens with one attached hydrogen (secondary N) is 2. The topological polar surface area (TPSA) is 96.9 Å². The molecule has 37 heavy (non-hydrogen) atoms. The molecule has 10 heteroatoms. The largest absolute Gasteiger partial charge is 0.395 e. The molecule has 0 saturated carbocycles. The van der Waals surface area contributed by atoms with Crippen LogP contribution in [0.3, 0.4) is 0 Å². The Balaban J connectivity index is 1.41. The molecule has 1 aromatic heterocycles. The Morgan fingerprint density at radius 2 is 1.95 bits per heavy atom. The number of aromatic nitrogens is 2. The number of likely N-dealkylation sites (N-methyl/N-ethyl adjacent to an activating group) is 1. The van der Waals surface area contributed by atoms with Crippen LogP contribution in [0.4, 0.5) is 23.0 Å². The van der Waals surface area contributed by atoms with E-state index in [4.69, 9.17) is 10.1 Å². The molecule has 1 amide bonds. The zero-order chi connectivity index (χ0) is 25.8. The summed E-state index contributed by atoms with van der Waals surface area (Å²) < 4.78 is 2.02. The van der Waals surface area contributed by atoms with Gasteiger partial charge in [-0.15, -0.1) is 6.58 Å². The summed E-state index contributed by atoms with van der Waals surface area (Å²) in [7, 11) is 2.16. The quantitative estimate of drug-likeness (QED) is 0.307. The van der Waals surface area contributed by atoms with Crippen molar-refractivity contribution in [3.05, 3.63) is 66.9 Å². The normalized spacial score (nSPS) is 15.1. The van der Waals surface area contributed by atoms with Crippen LogP contribution in [0.25, 0.3) is 11.3 Å². The lowest BCUT2D eigenvalue weighted by molar-refractivity contribution is 0.0945. The van der Waals surface area contributed by atoms with E-state index in [0.717, 1.165) is 53.7 Å². The third kappa shape index (κ3) is 5.41. The second-order valence-electron chi connectivity index (χ2n) is 8.99. The first-order valence-corrected chi connectivity index (χ1v) is 13.1. The Bertz CT molecular complexity index is 1280. The van der Waals surface area contributed by atoms with E-state index in [1.807, 2.05) is 22.6 Å². The second kappa shape index (κ2) is 11.2. The molecule has 0 radical (unpaired) electrons. The predicted molar refractivity (Wildman–Crippen MR) is 150 cm³/mol. The van der Waals surface area contributed by atoms with Gasteiger partial charge in [0, 0.05) is 62.4 Å². The Labute approximate surface area is 221 Å². The molecule has 0 spiro atoms. The number of rotatable bonds is 8. The Hall–Kier alpha value is -3.60. The van der Waals surface area contributed by atoms with Gasteiger partial charge in [0.05, 0.1) is 28.4 Å². The molecular weight excluding hydrogens is 486 g/mol. The molecule has 2 aliphatic heterocycles. The summed E-state index contributed by atoms with van der Waals surface area (Å²) in [6.45, 7) is 8.67. The molecule has 0 atom stereocenters. The molecule has 3 N–H and O–H groups in total. The van der Waals surface area contributed by atoms with Crippen molar-refractivity contribution in [2.24, 2.45) is 0 Å². The van der Waals surface area contributed by atoms with Gasteiger partial charge in [0.25, 0.3) is 5.91 Å². The van der Waals surface area contributed by atoms with Crippen molar-refractivity contribution in [3.63, 3.8) is 0 Å². The number of anilines is 4. The standard InChI is InChI=1S/C27H31N7O2S/c1-3-12-34-25-21(5-4-6-22(25)26(36)28-11-17-35)24-23(37-34)18-29-27(31-24)30-19-7-9-20(10-8-19)33-15-13-32(2)14-16-33/h3-10,18,35H,1,11-17H2,2H3,(H,28,36)(H,29,30,31). The number of aliphatic hydroxyl groups excluding tert-OH is 1. The van der Waals surface area contributed by atoms with Crippen molar-refractivity contribution in [3.8, 4) is 11.3 Å². The number of aliphatic hydroxyl groups is 1. The summed E-state index contributed by atoms with van der Waals surface area (Å²) in [4.78, 5) is 27.9. The minimum absolute atomic E-state index is 0.118. The van der Waals surface area contributed by atoms with Crippen molar-refractivity contribution in [1.82, 2.24) is 20.2 Å². The first kappa shape index (κ1) is 25.1. The third-order valence-corrected chi connectivity index (χ3v) is 7.48. The van der Waals surface area contributed by atoms with E-state index < -0.39 is 0 Å². The fourth-order valence-corrected chi connectivity index (χ4v) is 5.55. The number of carbonyl (C=O) groups excluding carboxylic acids is 1. The maximum absolute atomic E-state index is 12.9. The lowest BCUT2D eigenvalue weighted by atomic mass is 10.0. The van der Waals surface area contributed by atoms with E-state index in [0.29, 0.717) is 18.1 Å². The second-order valence-corrected chi connectivity index (χ2v) is 10.1. The highest BCUT2D eigenvalue weighted by molar-refractivity contribution is 8.01. The predicted octanol–water partition coefficient (Wildman–Crippen LogP) is 3.37. The summed E-state index contributed by atoms with van der Waals surface area (Å²) in [6.07, 6.45) is 3.61. The van der Waals surface area contributed by atoms with E-state index in [-0.39, 0.29) is 19.1 Å². The first-order chi connectivity index (χ1) is 18.1. The molecule has 2 aromatic carbocycles. The fourth-order valence-electron chi connectivity index (χ4n) is 4.50. The highest BCUT2D eigenvalue weighted by Gasteiger charge is 2.29. The minimum atomic E-state index is -0.239. The number of hydrogen-bond donors (Lipinski definition) is 3. The van der Waals surface area contributed by atoms with Crippen LogP contribution in [0.5, 0.6) is 0 Å². The van der Waals surface area contributed by atoms with Crippen LogP contribution in [0.2, 0.25) is 0 Å². The van der Waals surface area contributed by atoms with Gasteiger partial charge in [-0.25, -0.2) is 9.97 Å². The minimum Gasteiger partial charge on any atom is -0.395 e. The van der Waals surface area contributed by atoms with Gasteiger partial charge in [-0.05, 0) is 49.3 Å². The van der Waals surface area contributed by atoms with Crippen molar-refractivity contribution in [2.75, 3.05) is 67.4 Å². The molecule has 1 fully saturated rings. The van der Waals surface area contributed by atoms with Gasteiger partial charge in [-0.2, -0.15) is 0 Å². The molecule has 192 valence electrons. The van der Waals surface area contributed by atoms with Gasteiger partial charge in [0.2, 0.25) is 5.95 Å². The number of piperazine rings is 1. The summed E-state index contributed by atoms with van der Waals surface area (Å²) in [5.74, 6) is 0.252. The van der Waals surface area contributed by atoms with Gasteiger partial charge in [0.15, 0.2) is 0 Å². The summed E-state index contributed by atoms with van der Waals surface area (Å²) in [5.41, 5.74) is 5.04. The van der Waals surface area contributed by atoms with Gasteiger partial charge >= 0.3 is 0 Å². The van der Waals surface area contributed by atoms with Crippen LogP contribution in [0.1, 0.15) is 10.4 Å². The summed E-state index contributed by atoms with van der Waals surface area (Å²) in [6, 6.07) is 14.0. The number of carbonyl (C=O) groups is 1. The van der Waals surface area contributed by atoms with Crippen LogP contribution in [-0.4, -0.2) is 78.8 Å². The Morgan fingerprint density at radius 3 is 2.68 bits per heavy atom. The lowest BCUT2D eigenvalue weighted by Gasteiger charge is -2.34. The van der Waals surface area contributed by atoms with Crippen LogP contribution in [-0.2, 0) is 0 Å². The Kier molecular flexibility index (Phi) is 7.59. The molecule has 0 aliphatic carbocycles. The summed E-state index contributed by atoms with van der Waals surface area (Å²) in [5, 5.41) is 15.2. The molecule has 3 heterocycles. The average Bonchev–Trinajstić information content (AvgIpc) is 2.93. The maximum atomic E-state index is 12.9. The van der Waals surface area contributed by atoms with Crippen molar-refractivity contribution < 1.29 is 9.90 Å². The van der Waals surface area contributed by atoms with E-state index in [1.54, 1.807) is 12.1 Å². The van der Waals surface area contributed by atoms with Crippen molar-refractivity contribution >= 4 is 40.9 Å². The molecule has 9 nitrogen and oxygen atoms in total. The fraction of sp³-hybridized carbons (Fsp3) is 0.296. The molecule has 1 saturated heterocycles. The van der Waals surface area contributed by atoms with Crippen molar-refractivity contribution in [2.45, 2.75) is 4.90 Å². The molecular formula is C27H31N7O2S. The zero-order valence-electron chi connectivity index (χ0n) is 20.9. The molecule has 0 unspecified atom stereocenters. The van der Waals surface area contributed by atoms with Crippen molar-refractivity contribution in [1.29, 1.82) is 0 Å². The Morgan fingerprint density at radius 1 is 1.16 bits per heavy atom. The van der Waals surface area contributed by atoms with Crippen LogP contribution in [0.15, 0.2) is 66.2 Å². The number of hydrogen-bond acceptors (Lipinski definition) is 9. The van der Waals surface area contributed by atoms with E-state index >= 15 is 0 Å². The third-order valence-electron chi connectivity index (χ3n) is 6.43. The average molecular weight is 518 g/mol. The molecule has 5 rings (SSSR count). The monoisotopic (exact) mass is 517 g/mol. The molecule has 0 bridgehead atoms. The number of fused-ring (bicyclic) bond motifs is 3. The van der Waals surface area contributed by atoms with Crippen LogP contribution >= 0.6 is 11.9 Å². The molecule has 2 aliphatic rings. The van der Waals surface area contributed by atoms with Gasteiger partial charge in [0.1, 0.15) is 0 Å². The van der Waals surface area contributed by atoms with E-state index in [1.165, 1.54) is 17.6 Å². The van der Waals surface area contributed by atoms with Crippen LogP contribution in [0, 0.1) is 0 Å². The zero-order valence-corrected chi connectivity index (χ0v) is 21.7.